The van der Waals surface area contributed by atoms with Gasteiger partial charge in [0, 0.05) is 44.9 Å². The second-order valence-electron chi connectivity index (χ2n) is 6.49. The fourth-order valence-corrected chi connectivity index (χ4v) is 4.24. The molecule has 0 spiro atoms. The lowest BCUT2D eigenvalue weighted by molar-refractivity contribution is 0.0905. The number of piperazine rings is 1. The molecule has 140 valence electrons. The number of methoxy groups -OCH3 is 1. The zero-order valence-corrected chi connectivity index (χ0v) is 15.9. The Labute approximate surface area is 150 Å². The number of rotatable bonds is 7. The van der Waals surface area contributed by atoms with Crippen molar-refractivity contribution in [3.05, 3.63) is 35.4 Å². The summed E-state index contributed by atoms with van der Waals surface area (Å²) in [6, 6.07) is 6.62. The molecule has 0 aromatic heterocycles. The number of benzene rings is 1. The summed E-state index contributed by atoms with van der Waals surface area (Å²) in [5, 5.41) is 2.83. The zero-order valence-electron chi connectivity index (χ0n) is 15.1. The SMILES string of the molecule is COCC(C)NC(=O)c1ccc(CS(=O)(=O)N2CCN(C)CC2)cc1. The third-order valence-electron chi connectivity index (χ3n) is 4.21. The summed E-state index contributed by atoms with van der Waals surface area (Å²) >= 11 is 0. The minimum absolute atomic E-state index is 0.0430. The summed E-state index contributed by atoms with van der Waals surface area (Å²) in [4.78, 5) is 14.2. The molecule has 1 aromatic rings. The molecular weight excluding hydrogens is 342 g/mol. The van der Waals surface area contributed by atoms with Gasteiger partial charge in [-0.15, -0.1) is 0 Å². The number of nitrogens with zero attached hydrogens (tertiary/aromatic N) is 2. The summed E-state index contributed by atoms with van der Waals surface area (Å²) in [5.74, 6) is -0.239. The van der Waals surface area contributed by atoms with Gasteiger partial charge in [0.15, 0.2) is 0 Å². The first-order valence-corrected chi connectivity index (χ1v) is 9.98. The average Bonchev–Trinajstić information content (AvgIpc) is 2.55. The second kappa shape index (κ2) is 8.75. The van der Waals surface area contributed by atoms with Gasteiger partial charge in [0.25, 0.3) is 5.91 Å². The van der Waals surface area contributed by atoms with E-state index in [1.165, 1.54) is 0 Å². The Morgan fingerprint density at radius 1 is 1.20 bits per heavy atom. The third kappa shape index (κ3) is 5.78. The molecule has 0 saturated carbocycles. The van der Waals surface area contributed by atoms with E-state index in [1.807, 2.05) is 14.0 Å². The Balaban J connectivity index is 1.96. The molecule has 0 aliphatic carbocycles. The highest BCUT2D eigenvalue weighted by Crippen LogP contribution is 2.14. The van der Waals surface area contributed by atoms with Crippen LogP contribution in [0.2, 0.25) is 0 Å². The van der Waals surface area contributed by atoms with Crippen LogP contribution >= 0.6 is 0 Å². The van der Waals surface area contributed by atoms with Crippen molar-refractivity contribution in [2.75, 3.05) is 46.9 Å². The monoisotopic (exact) mass is 369 g/mol. The molecule has 1 aromatic carbocycles. The van der Waals surface area contributed by atoms with Gasteiger partial charge in [-0.3, -0.25) is 4.79 Å². The first-order chi connectivity index (χ1) is 11.8. The Bertz CT molecular complexity index is 668. The van der Waals surface area contributed by atoms with Crippen molar-refractivity contribution in [3.8, 4) is 0 Å². The van der Waals surface area contributed by atoms with Crippen molar-refractivity contribution in [2.45, 2.75) is 18.7 Å². The normalized spacial score (nSPS) is 18.0. The maximum absolute atomic E-state index is 12.5. The number of hydrogen-bond donors (Lipinski definition) is 1. The Hall–Kier alpha value is -1.48. The van der Waals surface area contributed by atoms with Gasteiger partial charge in [0.2, 0.25) is 10.0 Å². The van der Waals surface area contributed by atoms with Crippen LogP contribution in [0.4, 0.5) is 0 Å². The summed E-state index contributed by atoms with van der Waals surface area (Å²) < 4.78 is 31.6. The number of likely N-dealkylation sites (N-methyl/N-ethyl adjacent to an activating group) is 1. The molecule has 1 unspecified atom stereocenters. The molecule has 7 nitrogen and oxygen atoms in total. The van der Waals surface area contributed by atoms with Crippen molar-refractivity contribution in [3.63, 3.8) is 0 Å². The molecule has 1 atom stereocenters. The van der Waals surface area contributed by atoms with Crippen LogP contribution < -0.4 is 5.32 Å². The molecule has 1 aliphatic heterocycles. The predicted molar refractivity (Wildman–Crippen MR) is 96.9 cm³/mol. The van der Waals surface area contributed by atoms with Gasteiger partial charge < -0.3 is 15.0 Å². The molecule has 0 bridgehead atoms. The molecule has 1 fully saturated rings. The second-order valence-corrected chi connectivity index (χ2v) is 8.45. The summed E-state index contributed by atoms with van der Waals surface area (Å²) in [6.07, 6.45) is 0. The first kappa shape index (κ1) is 19.8. The average molecular weight is 369 g/mol. The van der Waals surface area contributed by atoms with E-state index in [0.29, 0.717) is 30.8 Å². The highest BCUT2D eigenvalue weighted by atomic mass is 32.2. The molecule has 1 aliphatic rings. The first-order valence-electron chi connectivity index (χ1n) is 8.37. The van der Waals surface area contributed by atoms with E-state index >= 15 is 0 Å². The number of amides is 1. The topological polar surface area (TPSA) is 78.9 Å². The number of sulfonamides is 1. The summed E-state index contributed by atoms with van der Waals surface area (Å²) in [5.41, 5.74) is 1.18. The van der Waals surface area contributed by atoms with Gasteiger partial charge in [0.1, 0.15) is 0 Å². The Kier molecular flexibility index (Phi) is 6.95. The maximum Gasteiger partial charge on any atom is 0.251 e. The van der Waals surface area contributed by atoms with Crippen LogP contribution in [0.5, 0.6) is 0 Å². The highest BCUT2D eigenvalue weighted by molar-refractivity contribution is 7.88. The molecule has 8 heteroatoms. The maximum atomic E-state index is 12.5. The summed E-state index contributed by atoms with van der Waals surface area (Å²) in [6.45, 7) is 4.84. The van der Waals surface area contributed by atoms with E-state index in [2.05, 4.69) is 10.2 Å². The molecule has 1 saturated heterocycles. The van der Waals surface area contributed by atoms with Gasteiger partial charge in [-0.1, -0.05) is 12.1 Å². The predicted octanol–water partition coefficient (Wildman–Crippen LogP) is 0.529. The number of hydrogen-bond acceptors (Lipinski definition) is 5. The lowest BCUT2D eigenvalue weighted by Gasteiger charge is -2.31. The minimum atomic E-state index is -3.33. The van der Waals surface area contributed by atoms with Gasteiger partial charge in [-0.25, -0.2) is 8.42 Å². The molecular formula is C17H27N3O4S. The van der Waals surface area contributed by atoms with Crippen LogP contribution in [0.15, 0.2) is 24.3 Å². The molecule has 0 radical (unpaired) electrons. The van der Waals surface area contributed by atoms with Crippen LogP contribution in [0.1, 0.15) is 22.8 Å². The van der Waals surface area contributed by atoms with Crippen LogP contribution in [-0.4, -0.2) is 76.5 Å². The molecule has 1 amide bonds. The number of carbonyl (C=O) groups excluding carboxylic acids is 1. The Morgan fingerprint density at radius 3 is 2.36 bits per heavy atom. The quantitative estimate of drug-likeness (QED) is 0.758. The lowest BCUT2D eigenvalue weighted by Crippen LogP contribution is -2.47. The molecule has 2 rings (SSSR count). The lowest BCUT2D eigenvalue weighted by atomic mass is 10.1. The zero-order chi connectivity index (χ0) is 18.4. The van der Waals surface area contributed by atoms with E-state index in [-0.39, 0.29) is 17.7 Å². The minimum Gasteiger partial charge on any atom is -0.383 e. The standard InChI is InChI=1S/C17H27N3O4S/c1-14(12-24-3)18-17(21)16-6-4-15(5-7-16)13-25(22,23)20-10-8-19(2)9-11-20/h4-7,14H,8-13H2,1-3H3,(H,18,21). The van der Waals surface area contributed by atoms with E-state index in [0.717, 1.165) is 13.1 Å². The summed E-state index contributed by atoms with van der Waals surface area (Å²) in [7, 11) is 0.239. The van der Waals surface area contributed by atoms with Crippen molar-refractivity contribution in [1.82, 2.24) is 14.5 Å². The highest BCUT2D eigenvalue weighted by Gasteiger charge is 2.25. The van der Waals surface area contributed by atoms with Crippen LogP contribution in [0.3, 0.4) is 0 Å². The van der Waals surface area contributed by atoms with Crippen LogP contribution in [0.25, 0.3) is 0 Å². The van der Waals surface area contributed by atoms with E-state index in [1.54, 1.807) is 35.7 Å². The van der Waals surface area contributed by atoms with Crippen molar-refractivity contribution >= 4 is 15.9 Å². The fraction of sp³-hybridized carbons (Fsp3) is 0.588. The van der Waals surface area contributed by atoms with E-state index < -0.39 is 10.0 Å². The van der Waals surface area contributed by atoms with E-state index in [4.69, 9.17) is 4.74 Å². The molecule has 1 N–H and O–H groups in total. The van der Waals surface area contributed by atoms with Crippen LogP contribution in [-0.2, 0) is 20.5 Å². The molecule has 25 heavy (non-hydrogen) atoms. The van der Waals surface area contributed by atoms with Gasteiger partial charge in [0.05, 0.1) is 12.4 Å². The van der Waals surface area contributed by atoms with Crippen molar-refractivity contribution in [1.29, 1.82) is 0 Å². The van der Waals surface area contributed by atoms with Crippen molar-refractivity contribution in [2.24, 2.45) is 0 Å². The smallest absolute Gasteiger partial charge is 0.251 e. The number of ether oxygens (including phenoxy) is 1. The van der Waals surface area contributed by atoms with Gasteiger partial charge >= 0.3 is 0 Å². The number of nitrogens with one attached hydrogen (secondary N) is 1. The molecule has 1 heterocycles. The van der Waals surface area contributed by atoms with Gasteiger partial charge in [-0.2, -0.15) is 4.31 Å². The van der Waals surface area contributed by atoms with Crippen molar-refractivity contribution < 1.29 is 17.9 Å². The van der Waals surface area contributed by atoms with Gasteiger partial charge in [-0.05, 0) is 31.7 Å². The Morgan fingerprint density at radius 2 is 1.80 bits per heavy atom. The fourth-order valence-electron chi connectivity index (χ4n) is 2.72. The third-order valence-corrected chi connectivity index (χ3v) is 6.07. The van der Waals surface area contributed by atoms with Crippen LogP contribution in [0, 0.1) is 0 Å². The largest absolute Gasteiger partial charge is 0.383 e. The van der Waals surface area contributed by atoms with E-state index in [9.17, 15) is 13.2 Å². The number of carbonyl (C=O) groups is 1.